The number of carbonyl (C=O) groups is 1. The lowest BCUT2D eigenvalue weighted by Crippen LogP contribution is -2.69. The third-order valence-electron chi connectivity index (χ3n) is 13.8. The Morgan fingerprint density at radius 2 is 1.69 bits per heavy atom. The van der Waals surface area contributed by atoms with Crippen molar-refractivity contribution in [1.29, 1.82) is 0 Å². The second-order valence-corrected chi connectivity index (χ2v) is 15.1. The van der Waals surface area contributed by atoms with E-state index in [1.54, 1.807) is 0 Å². The second kappa shape index (κ2) is 6.97. The number of ether oxygens (including phenoxy) is 1. The molecule has 0 aromatic carbocycles. The average Bonchev–Trinajstić information content (AvgIpc) is 3.11. The summed E-state index contributed by atoms with van der Waals surface area (Å²) in [6, 6.07) is 0. The van der Waals surface area contributed by atoms with Gasteiger partial charge in [-0.1, -0.05) is 46.3 Å². The number of hydrogen-bond acceptors (Lipinski definition) is 5. The summed E-state index contributed by atoms with van der Waals surface area (Å²) >= 11 is 0. The molecule has 6 heteroatoms. The van der Waals surface area contributed by atoms with E-state index in [0.717, 1.165) is 32.1 Å². The van der Waals surface area contributed by atoms with Crippen molar-refractivity contribution in [3.63, 3.8) is 0 Å². The highest BCUT2D eigenvalue weighted by atomic mass is 16.6. The molecule has 0 aromatic rings. The Balaban J connectivity index is 1.50. The standard InChI is InChI=1S/C30H46O6/c1-17-9-12-28(23(32)33)14-13-25(4)18(21(28)27(17,6)34)7-8-20-26(25,5)11-10-19-24(2,3)22(31)30(35)15-29(19,20)16-36-30/h7,17,19-22,31,34-35H,8-16H2,1-6H3,(H,32,33). The van der Waals surface area contributed by atoms with Crippen LogP contribution < -0.4 is 0 Å². The normalized spacial score (nSPS) is 59.1. The van der Waals surface area contributed by atoms with Gasteiger partial charge in [0.2, 0.25) is 0 Å². The number of aliphatic hydroxyl groups is 3. The molecule has 4 N–H and O–H groups in total. The Kier molecular flexibility index (Phi) is 4.90. The van der Waals surface area contributed by atoms with Gasteiger partial charge in [-0.05, 0) is 85.9 Å². The SMILES string of the molecule is CC1CCC2(C(=O)O)CCC3(C)C(=CCC4C56COC(O)(C5)C(O)C(C)(C)C6CCC43C)C2C1(C)O. The predicted molar refractivity (Wildman–Crippen MR) is 135 cm³/mol. The van der Waals surface area contributed by atoms with Crippen LogP contribution in [-0.4, -0.2) is 50.5 Å². The summed E-state index contributed by atoms with van der Waals surface area (Å²) in [7, 11) is 0. The molecule has 202 valence electrons. The molecule has 0 aromatic heterocycles. The van der Waals surface area contributed by atoms with Gasteiger partial charge in [0, 0.05) is 17.8 Å². The molecule has 11 unspecified atom stereocenters. The van der Waals surface area contributed by atoms with Gasteiger partial charge >= 0.3 is 5.97 Å². The number of hydrogen-bond donors (Lipinski definition) is 4. The first kappa shape index (κ1) is 25.3. The molecule has 0 amide bonds. The molecule has 5 aliphatic carbocycles. The first-order chi connectivity index (χ1) is 16.5. The zero-order valence-corrected chi connectivity index (χ0v) is 22.9. The highest BCUT2D eigenvalue weighted by Gasteiger charge is 2.76. The Hall–Kier alpha value is -0.950. The molecule has 6 nitrogen and oxygen atoms in total. The lowest BCUT2D eigenvalue weighted by Gasteiger charge is -2.71. The highest BCUT2D eigenvalue weighted by Crippen LogP contribution is 2.77. The molecule has 1 saturated heterocycles. The molecule has 36 heavy (non-hydrogen) atoms. The second-order valence-electron chi connectivity index (χ2n) is 15.1. The molecular weight excluding hydrogens is 456 g/mol. The van der Waals surface area contributed by atoms with Crippen LogP contribution in [-0.2, 0) is 9.53 Å². The van der Waals surface area contributed by atoms with Crippen molar-refractivity contribution in [3.05, 3.63) is 11.6 Å². The van der Waals surface area contributed by atoms with E-state index in [0.29, 0.717) is 25.9 Å². The van der Waals surface area contributed by atoms with Gasteiger partial charge in [-0.2, -0.15) is 0 Å². The molecule has 1 aliphatic heterocycles. The van der Waals surface area contributed by atoms with Crippen LogP contribution in [0.4, 0.5) is 0 Å². The minimum atomic E-state index is -1.50. The molecule has 6 aliphatic rings. The maximum Gasteiger partial charge on any atom is 0.310 e. The van der Waals surface area contributed by atoms with Crippen LogP contribution in [0.1, 0.15) is 92.9 Å². The summed E-state index contributed by atoms with van der Waals surface area (Å²) in [5.74, 6) is -2.09. The lowest BCUT2D eigenvalue weighted by atomic mass is 9.33. The molecule has 11 atom stereocenters. The molecule has 6 rings (SSSR count). The summed E-state index contributed by atoms with van der Waals surface area (Å²) in [5.41, 5.74) is -1.83. The fraction of sp³-hybridized carbons (Fsp3) is 0.900. The van der Waals surface area contributed by atoms with Crippen LogP contribution in [0.2, 0.25) is 0 Å². The number of allylic oxidation sites excluding steroid dienone is 1. The van der Waals surface area contributed by atoms with Crippen LogP contribution in [0.25, 0.3) is 0 Å². The van der Waals surface area contributed by atoms with E-state index < -0.39 is 34.3 Å². The maximum atomic E-state index is 12.9. The summed E-state index contributed by atoms with van der Waals surface area (Å²) < 4.78 is 6.08. The fourth-order valence-electron chi connectivity index (χ4n) is 11.4. The largest absolute Gasteiger partial charge is 0.481 e. The van der Waals surface area contributed by atoms with Crippen LogP contribution in [0.5, 0.6) is 0 Å². The van der Waals surface area contributed by atoms with Gasteiger partial charge in [0.1, 0.15) is 6.10 Å². The van der Waals surface area contributed by atoms with Crippen molar-refractivity contribution in [3.8, 4) is 0 Å². The van der Waals surface area contributed by atoms with Crippen LogP contribution in [0, 0.1) is 50.7 Å². The average molecular weight is 503 g/mol. The Morgan fingerprint density at radius 3 is 2.36 bits per heavy atom. The predicted octanol–water partition coefficient (Wildman–Crippen LogP) is 4.51. The molecule has 4 saturated carbocycles. The zero-order chi connectivity index (χ0) is 26.3. The number of fused-ring (bicyclic) bond motifs is 6. The van der Waals surface area contributed by atoms with Gasteiger partial charge in [-0.25, -0.2) is 0 Å². The third-order valence-corrected chi connectivity index (χ3v) is 13.8. The van der Waals surface area contributed by atoms with Gasteiger partial charge in [0.05, 0.1) is 17.6 Å². The molecule has 1 spiro atoms. The van der Waals surface area contributed by atoms with Gasteiger partial charge in [0.15, 0.2) is 5.79 Å². The minimum absolute atomic E-state index is 0.0388. The molecule has 5 fully saturated rings. The van der Waals surface area contributed by atoms with Gasteiger partial charge in [0.25, 0.3) is 0 Å². The topological polar surface area (TPSA) is 107 Å². The van der Waals surface area contributed by atoms with Gasteiger partial charge in [-0.15, -0.1) is 0 Å². The molecule has 2 bridgehead atoms. The Morgan fingerprint density at radius 1 is 1.00 bits per heavy atom. The van der Waals surface area contributed by atoms with Crippen LogP contribution in [0.15, 0.2) is 11.6 Å². The van der Waals surface area contributed by atoms with Gasteiger partial charge in [-0.3, -0.25) is 4.79 Å². The van der Waals surface area contributed by atoms with E-state index in [4.69, 9.17) is 4.74 Å². The van der Waals surface area contributed by atoms with Crippen molar-refractivity contribution in [2.45, 2.75) is 110 Å². The number of aliphatic carboxylic acids is 1. The number of carboxylic acids is 1. The highest BCUT2D eigenvalue weighted by molar-refractivity contribution is 5.77. The minimum Gasteiger partial charge on any atom is -0.481 e. The number of aliphatic hydroxyl groups excluding tert-OH is 1. The van der Waals surface area contributed by atoms with Crippen molar-refractivity contribution in [1.82, 2.24) is 0 Å². The first-order valence-electron chi connectivity index (χ1n) is 14.2. The van der Waals surface area contributed by atoms with Crippen molar-refractivity contribution < 1.29 is 30.0 Å². The third kappa shape index (κ3) is 2.56. The van der Waals surface area contributed by atoms with E-state index in [1.807, 2.05) is 6.92 Å². The van der Waals surface area contributed by atoms with Gasteiger partial charge < -0.3 is 25.2 Å². The van der Waals surface area contributed by atoms with E-state index >= 15 is 0 Å². The Bertz CT molecular complexity index is 1030. The summed E-state index contributed by atoms with van der Waals surface area (Å²) in [6.45, 7) is 13.3. The zero-order valence-electron chi connectivity index (χ0n) is 22.9. The maximum absolute atomic E-state index is 12.9. The number of rotatable bonds is 1. The lowest BCUT2D eigenvalue weighted by molar-refractivity contribution is -0.283. The molecule has 0 radical (unpaired) electrons. The summed E-state index contributed by atoms with van der Waals surface area (Å²) in [4.78, 5) is 12.9. The summed E-state index contributed by atoms with van der Waals surface area (Å²) in [5, 5.41) is 45.0. The van der Waals surface area contributed by atoms with E-state index in [9.17, 15) is 25.2 Å². The van der Waals surface area contributed by atoms with E-state index in [2.05, 4.69) is 40.7 Å². The van der Waals surface area contributed by atoms with E-state index in [1.165, 1.54) is 5.57 Å². The van der Waals surface area contributed by atoms with Crippen molar-refractivity contribution >= 4 is 5.97 Å². The quantitative estimate of drug-likeness (QED) is 0.393. The fourth-order valence-corrected chi connectivity index (χ4v) is 11.4. The number of carboxylic acid groups (broad SMARTS) is 1. The monoisotopic (exact) mass is 502 g/mol. The van der Waals surface area contributed by atoms with E-state index in [-0.39, 0.29) is 39.9 Å². The van der Waals surface area contributed by atoms with Crippen molar-refractivity contribution in [2.75, 3.05) is 6.61 Å². The summed E-state index contributed by atoms with van der Waals surface area (Å²) in [6.07, 6.45) is 7.38. The van der Waals surface area contributed by atoms with Crippen LogP contribution >= 0.6 is 0 Å². The molecular formula is C30H46O6. The van der Waals surface area contributed by atoms with Crippen molar-refractivity contribution in [2.24, 2.45) is 50.7 Å². The van der Waals surface area contributed by atoms with Crippen LogP contribution in [0.3, 0.4) is 0 Å². The smallest absolute Gasteiger partial charge is 0.310 e. The Labute approximate surface area is 215 Å². The first-order valence-corrected chi connectivity index (χ1v) is 14.2. The molecule has 1 heterocycles.